The van der Waals surface area contributed by atoms with Gasteiger partial charge in [0.25, 0.3) is 5.91 Å². The molecule has 0 saturated carbocycles. The van der Waals surface area contributed by atoms with Gasteiger partial charge in [-0.25, -0.2) is 4.79 Å². The molecule has 28 heavy (non-hydrogen) atoms. The number of rotatable bonds is 8. The second kappa shape index (κ2) is 10.3. The summed E-state index contributed by atoms with van der Waals surface area (Å²) in [5.74, 6) is -0.891. The summed E-state index contributed by atoms with van der Waals surface area (Å²) in [6, 6.07) is 14.5. The number of amides is 2. The molecule has 0 aromatic heterocycles. The summed E-state index contributed by atoms with van der Waals surface area (Å²) in [6.45, 7) is 1.99. The number of nitriles is 1. The van der Waals surface area contributed by atoms with Gasteiger partial charge < -0.3 is 20.1 Å². The SMILES string of the molecule is CCOc1ccc(NC(=O)COC(=O)c2ccc(NC(=O)CC#N)cc2)cc1. The van der Waals surface area contributed by atoms with Gasteiger partial charge in [0.2, 0.25) is 5.91 Å². The van der Waals surface area contributed by atoms with Crippen molar-refractivity contribution >= 4 is 29.2 Å². The van der Waals surface area contributed by atoms with Gasteiger partial charge in [0.1, 0.15) is 12.2 Å². The molecule has 0 heterocycles. The van der Waals surface area contributed by atoms with Crippen molar-refractivity contribution in [3.63, 3.8) is 0 Å². The molecule has 2 N–H and O–H groups in total. The first-order chi connectivity index (χ1) is 13.5. The summed E-state index contributed by atoms with van der Waals surface area (Å²) in [7, 11) is 0. The Labute approximate surface area is 162 Å². The molecule has 2 aromatic carbocycles. The number of nitrogens with zero attached hydrogens (tertiary/aromatic N) is 1. The van der Waals surface area contributed by atoms with Gasteiger partial charge in [0.15, 0.2) is 6.61 Å². The zero-order valence-corrected chi connectivity index (χ0v) is 15.2. The number of benzene rings is 2. The predicted molar refractivity (Wildman–Crippen MR) is 102 cm³/mol. The van der Waals surface area contributed by atoms with Crippen molar-refractivity contribution in [3.05, 3.63) is 54.1 Å². The number of carbonyl (C=O) groups excluding carboxylic acids is 3. The van der Waals surface area contributed by atoms with Crippen molar-refractivity contribution in [2.24, 2.45) is 0 Å². The van der Waals surface area contributed by atoms with Crippen LogP contribution in [0.25, 0.3) is 0 Å². The molecule has 8 nitrogen and oxygen atoms in total. The van der Waals surface area contributed by atoms with Crippen molar-refractivity contribution in [3.8, 4) is 11.8 Å². The molecule has 0 spiro atoms. The minimum absolute atomic E-state index is 0.229. The van der Waals surface area contributed by atoms with Crippen molar-refractivity contribution < 1.29 is 23.9 Å². The Bertz CT molecular complexity index is 870. The van der Waals surface area contributed by atoms with E-state index >= 15 is 0 Å². The fraction of sp³-hybridized carbons (Fsp3) is 0.200. The number of carbonyl (C=O) groups is 3. The van der Waals surface area contributed by atoms with Crippen molar-refractivity contribution in [1.82, 2.24) is 0 Å². The quantitative estimate of drug-likeness (QED) is 0.679. The first-order valence-corrected chi connectivity index (χ1v) is 8.48. The van der Waals surface area contributed by atoms with Crippen LogP contribution >= 0.6 is 0 Å². The molecular formula is C20H19N3O5. The molecule has 0 unspecified atom stereocenters. The molecule has 0 aliphatic heterocycles. The molecule has 0 fully saturated rings. The van der Waals surface area contributed by atoms with Crippen LogP contribution in [0.4, 0.5) is 11.4 Å². The molecule has 0 atom stereocenters. The van der Waals surface area contributed by atoms with E-state index in [2.05, 4.69) is 10.6 Å². The van der Waals surface area contributed by atoms with Gasteiger partial charge in [-0.3, -0.25) is 9.59 Å². The van der Waals surface area contributed by atoms with E-state index in [1.165, 1.54) is 24.3 Å². The maximum Gasteiger partial charge on any atom is 0.338 e. The fourth-order valence-corrected chi connectivity index (χ4v) is 2.18. The van der Waals surface area contributed by atoms with Crippen LogP contribution in [0, 0.1) is 11.3 Å². The third kappa shape index (κ3) is 6.46. The number of hydrogen-bond donors (Lipinski definition) is 2. The summed E-state index contributed by atoms with van der Waals surface area (Å²) >= 11 is 0. The number of hydrogen-bond acceptors (Lipinski definition) is 6. The van der Waals surface area contributed by atoms with Gasteiger partial charge in [-0.05, 0) is 55.5 Å². The molecule has 2 amide bonds. The predicted octanol–water partition coefficient (Wildman–Crippen LogP) is 2.73. The molecule has 0 aliphatic rings. The standard InChI is InChI=1S/C20H19N3O5/c1-2-27-17-9-7-16(8-10-17)23-19(25)13-28-20(26)14-3-5-15(6-4-14)22-18(24)11-12-21/h3-10H,2,11,13H2,1H3,(H,22,24)(H,23,25). The van der Waals surface area contributed by atoms with E-state index in [0.29, 0.717) is 23.7 Å². The molecule has 0 bridgehead atoms. The van der Waals surface area contributed by atoms with Gasteiger partial charge in [-0.15, -0.1) is 0 Å². The summed E-state index contributed by atoms with van der Waals surface area (Å²) in [5, 5.41) is 13.6. The topological polar surface area (TPSA) is 118 Å². The normalized spacial score (nSPS) is 9.71. The Kier molecular flexibility index (Phi) is 7.54. The highest BCUT2D eigenvalue weighted by Gasteiger charge is 2.11. The van der Waals surface area contributed by atoms with Gasteiger partial charge in [-0.2, -0.15) is 5.26 Å². The van der Waals surface area contributed by atoms with E-state index < -0.39 is 24.4 Å². The smallest absolute Gasteiger partial charge is 0.338 e. The lowest BCUT2D eigenvalue weighted by molar-refractivity contribution is -0.119. The molecule has 0 aliphatic carbocycles. The van der Waals surface area contributed by atoms with E-state index in [1.54, 1.807) is 30.3 Å². The second-order valence-electron chi connectivity index (χ2n) is 5.54. The van der Waals surface area contributed by atoms with Crippen molar-refractivity contribution in [2.75, 3.05) is 23.8 Å². The maximum absolute atomic E-state index is 12.0. The van der Waals surface area contributed by atoms with Crippen LogP contribution in [0.1, 0.15) is 23.7 Å². The Morgan fingerprint density at radius 2 is 1.50 bits per heavy atom. The van der Waals surface area contributed by atoms with Crippen LogP contribution in [-0.4, -0.2) is 31.0 Å². The Morgan fingerprint density at radius 3 is 2.07 bits per heavy atom. The van der Waals surface area contributed by atoms with Crippen LogP contribution in [0.2, 0.25) is 0 Å². The van der Waals surface area contributed by atoms with Gasteiger partial charge in [0.05, 0.1) is 18.2 Å². The monoisotopic (exact) mass is 381 g/mol. The lowest BCUT2D eigenvalue weighted by Crippen LogP contribution is -2.21. The Hall–Kier alpha value is -3.86. The first-order valence-electron chi connectivity index (χ1n) is 8.48. The second-order valence-corrected chi connectivity index (χ2v) is 5.54. The highest BCUT2D eigenvalue weighted by Crippen LogP contribution is 2.15. The maximum atomic E-state index is 12.0. The fourth-order valence-electron chi connectivity index (χ4n) is 2.18. The summed E-state index contributed by atoms with van der Waals surface area (Å²) in [5.41, 5.74) is 1.24. The largest absolute Gasteiger partial charge is 0.494 e. The third-order valence-corrected chi connectivity index (χ3v) is 3.43. The highest BCUT2D eigenvalue weighted by atomic mass is 16.5. The van der Waals surface area contributed by atoms with Crippen LogP contribution in [-0.2, 0) is 14.3 Å². The van der Waals surface area contributed by atoms with E-state index in [9.17, 15) is 14.4 Å². The average Bonchev–Trinajstić information content (AvgIpc) is 2.68. The lowest BCUT2D eigenvalue weighted by atomic mass is 10.2. The molecule has 144 valence electrons. The Morgan fingerprint density at radius 1 is 0.929 bits per heavy atom. The minimum Gasteiger partial charge on any atom is -0.494 e. The van der Waals surface area contributed by atoms with Gasteiger partial charge in [-0.1, -0.05) is 0 Å². The molecule has 0 saturated heterocycles. The summed E-state index contributed by atoms with van der Waals surface area (Å²) in [4.78, 5) is 35.2. The van der Waals surface area contributed by atoms with E-state index in [0.717, 1.165) is 0 Å². The van der Waals surface area contributed by atoms with E-state index in [1.807, 2.05) is 6.92 Å². The van der Waals surface area contributed by atoms with Crippen LogP contribution in [0.5, 0.6) is 5.75 Å². The molecule has 0 radical (unpaired) electrons. The summed E-state index contributed by atoms with van der Waals surface area (Å²) < 4.78 is 10.3. The van der Waals surface area contributed by atoms with E-state index in [4.69, 9.17) is 14.7 Å². The summed E-state index contributed by atoms with van der Waals surface area (Å²) in [6.07, 6.45) is -0.257. The van der Waals surface area contributed by atoms with Gasteiger partial charge >= 0.3 is 5.97 Å². The van der Waals surface area contributed by atoms with Gasteiger partial charge in [0, 0.05) is 11.4 Å². The molecule has 8 heteroatoms. The van der Waals surface area contributed by atoms with Crippen molar-refractivity contribution in [1.29, 1.82) is 5.26 Å². The number of nitrogens with one attached hydrogen (secondary N) is 2. The number of ether oxygens (including phenoxy) is 2. The van der Waals surface area contributed by atoms with Crippen LogP contribution < -0.4 is 15.4 Å². The number of anilines is 2. The zero-order chi connectivity index (χ0) is 20.4. The first kappa shape index (κ1) is 20.5. The lowest BCUT2D eigenvalue weighted by Gasteiger charge is -2.08. The number of esters is 1. The highest BCUT2D eigenvalue weighted by molar-refractivity contribution is 5.96. The van der Waals surface area contributed by atoms with E-state index in [-0.39, 0.29) is 12.0 Å². The molecule has 2 rings (SSSR count). The third-order valence-electron chi connectivity index (χ3n) is 3.43. The van der Waals surface area contributed by atoms with Crippen LogP contribution in [0.3, 0.4) is 0 Å². The van der Waals surface area contributed by atoms with Crippen molar-refractivity contribution in [2.45, 2.75) is 13.3 Å². The minimum atomic E-state index is -0.670. The molecule has 2 aromatic rings. The average molecular weight is 381 g/mol. The molecular weight excluding hydrogens is 362 g/mol. The van der Waals surface area contributed by atoms with Crippen LogP contribution in [0.15, 0.2) is 48.5 Å². The Balaban J connectivity index is 1.81. The zero-order valence-electron chi connectivity index (χ0n) is 15.2.